The molecule has 0 aliphatic rings. The molecule has 30 valence electrons. The molecule has 0 amide bonds. The van der Waals surface area contributed by atoms with Crippen molar-refractivity contribution in [3.63, 3.8) is 0 Å². The Hall–Kier alpha value is 2.16. The third-order valence-electron chi connectivity index (χ3n) is 0. The van der Waals surface area contributed by atoms with Gasteiger partial charge in [0.25, 0.3) is 0 Å². The Morgan fingerprint density at radius 2 is 1.00 bits per heavy atom. The van der Waals surface area contributed by atoms with Crippen LogP contribution in [0.3, 0.4) is 0 Å². The standard InChI is InChI=1S/GeH4.In.H3N.H2Te.3H/h1H4;;1H3;1H2;;;. The first kappa shape index (κ1) is 35.1. The van der Waals surface area contributed by atoms with Gasteiger partial charge in [0, 0.05) is 0 Å². The zero-order chi connectivity index (χ0) is 0. The molecule has 0 aliphatic heterocycles. The first-order valence-corrected chi connectivity index (χ1v) is 0. The Labute approximate surface area is 72.4 Å². The van der Waals surface area contributed by atoms with Crippen molar-refractivity contribution in [2.24, 2.45) is 0 Å². The quantitative estimate of drug-likeness (QED) is 0.459. The van der Waals surface area contributed by atoms with Gasteiger partial charge in [-0.15, -0.1) is 0 Å². The van der Waals surface area contributed by atoms with E-state index in [1.807, 2.05) is 0 Å². The molecule has 3 N–H and O–H groups in total. The molecule has 1 nitrogen and oxygen atoms in total. The van der Waals surface area contributed by atoms with Crippen LogP contribution in [0.1, 0.15) is 0 Å². The van der Waals surface area contributed by atoms with Crippen LogP contribution in [-0.4, -0.2) is 67.1 Å². The SMILES string of the molecule is N.[GeH4].[InH3].[TeH2]. The van der Waals surface area contributed by atoms with E-state index in [9.17, 15) is 0 Å². The van der Waals surface area contributed by atoms with Gasteiger partial charge in [0.1, 0.15) is 0 Å². The monoisotopic (exact) mass is 345 g/mol. The average Bonchev–Trinajstić information content (AvgIpc) is 0. The van der Waals surface area contributed by atoms with Gasteiger partial charge in [-0.2, -0.15) is 0 Å². The van der Waals surface area contributed by atoms with Crippen molar-refractivity contribution in [3.8, 4) is 0 Å². The van der Waals surface area contributed by atoms with Crippen LogP contribution in [0.4, 0.5) is 0 Å². The topological polar surface area (TPSA) is 35.0 Å². The third-order valence-corrected chi connectivity index (χ3v) is 0. The summed E-state index contributed by atoms with van der Waals surface area (Å²) in [6.45, 7) is 0. The van der Waals surface area contributed by atoms with E-state index < -0.39 is 0 Å². The summed E-state index contributed by atoms with van der Waals surface area (Å²) >= 11 is 0. The second kappa shape index (κ2) is 19.1. The van der Waals surface area contributed by atoms with Crippen molar-refractivity contribution >= 4 is 67.1 Å². The Morgan fingerprint density at radius 1 is 1.00 bits per heavy atom. The summed E-state index contributed by atoms with van der Waals surface area (Å²) in [5.41, 5.74) is 0. The van der Waals surface area contributed by atoms with Gasteiger partial charge in [-0.3, -0.25) is 0 Å². The van der Waals surface area contributed by atoms with E-state index in [2.05, 4.69) is 0 Å². The summed E-state index contributed by atoms with van der Waals surface area (Å²) < 4.78 is 0. The van der Waals surface area contributed by atoms with Crippen LogP contribution in [0.2, 0.25) is 0 Å². The van der Waals surface area contributed by atoms with E-state index in [4.69, 9.17) is 0 Å². The van der Waals surface area contributed by atoms with E-state index in [1.54, 1.807) is 0 Å². The van der Waals surface area contributed by atoms with Crippen molar-refractivity contribution in [2.45, 2.75) is 0 Å². The van der Waals surface area contributed by atoms with Gasteiger partial charge in [-0.1, -0.05) is 0 Å². The fourth-order valence-electron chi connectivity index (χ4n) is 0. The number of hydrogen-bond donors (Lipinski definition) is 1. The molecule has 0 aromatic heterocycles. The van der Waals surface area contributed by atoms with Crippen LogP contribution in [-0.2, 0) is 0 Å². The molecule has 0 saturated heterocycles. The molecule has 0 unspecified atom stereocenters. The molecule has 0 fully saturated rings. The third kappa shape index (κ3) is 8.90. The minimum atomic E-state index is 0. The van der Waals surface area contributed by atoms with E-state index in [-0.39, 0.29) is 73.3 Å². The first-order valence-electron chi connectivity index (χ1n) is 0. The number of rotatable bonds is 0. The molecule has 0 aromatic carbocycles. The minimum absolute atomic E-state index is 0. The van der Waals surface area contributed by atoms with E-state index >= 15 is 0 Å². The fraction of sp³-hybridized carbons (Fsp3) is 0. The first-order chi connectivity index (χ1) is 0. The molecule has 4 heavy (non-hydrogen) atoms. The van der Waals surface area contributed by atoms with Crippen LogP contribution in [0, 0.1) is 0 Å². The molecule has 0 heterocycles. The zero-order valence-corrected chi connectivity index (χ0v) is 4.06. The van der Waals surface area contributed by atoms with E-state index in [1.165, 1.54) is 0 Å². The summed E-state index contributed by atoms with van der Waals surface area (Å²) in [5.74, 6) is 0. The summed E-state index contributed by atoms with van der Waals surface area (Å²) in [6, 6.07) is 0. The predicted molar refractivity (Wildman–Crippen MR) is 34.8 cm³/mol. The molecular weight excluding hydrogens is 329 g/mol. The van der Waals surface area contributed by atoms with Crippen LogP contribution in [0.5, 0.6) is 0 Å². The summed E-state index contributed by atoms with van der Waals surface area (Å²) in [4.78, 5) is 0. The summed E-state index contributed by atoms with van der Waals surface area (Å²) in [6.07, 6.45) is 0. The van der Waals surface area contributed by atoms with Crippen molar-refractivity contribution in [3.05, 3.63) is 0 Å². The molecule has 0 radical (unpaired) electrons. The van der Waals surface area contributed by atoms with Crippen LogP contribution < -0.4 is 6.15 Å². The molecule has 0 rings (SSSR count). The maximum absolute atomic E-state index is 0. The Balaban J connectivity index is 0. The van der Waals surface area contributed by atoms with Gasteiger partial charge in [-0.05, 0) is 0 Å². The van der Waals surface area contributed by atoms with Crippen molar-refractivity contribution in [2.75, 3.05) is 0 Å². The molecule has 0 bridgehead atoms. The molecular formula is H12GeInNTe. The second-order valence-corrected chi connectivity index (χ2v) is 0. The van der Waals surface area contributed by atoms with Crippen LogP contribution in [0.25, 0.3) is 0 Å². The van der Waals surface area contributed by atoms with Gasteiger partial charge in [-0.25, -0.2) is 0 Å². The Morgan fingerprint density at radius 3 is 1.00 bits per heavy atom. The molecule has 0 aromatic rings. The van der Waals surface area contributed by atoms with Gasteiger partial charge in [0.15, 0.2) is 0 Å². The van der Waals surface area contributed by atoms with Crippen molar-refractivity contribution in [1.29, 1.82) is 0 Å². The van der Waals surface area contributed by atoms with Crippen molar-refractivity contribution in [1.82, 2.24) is 6.15 Å². The van der Waals surface area contributed by atoms with Gasteiger partial charge >= 0.3 is 67.1 Å². The van der Waals surface area contributed by atoms with Gasteiger partial charge < -0.3 is 6.15 Å². The fourth-order valence-corrected chi connectivity index (χ4v) is 0. The molecule has 0 spiro atoms. The molecule has 0 aliphatic carbocycles. The normalized spacial score (nSPS) is 0. The molecule has 0 saturated carbocycles. The van der Waals surface area contributed by atoms with E-state index in [0.29, 0.717) is 0 Å². The predicted octanol–water partition coefficient (Wildman–Crippen LogP) is -3.39. The Bertz CT molecular complexity index is 8.00. The Kier molecular flexibility index (Phi) is 168. The molecule has 4 heteroatoms. The van der Waals surface area contributed by atoms with Crippen LogP contribution in [0.15, 0.2) is 0 Å². The second-order valence-electron chi connectivity index (χ2n) is 0. The van der Waals surface area contributed by atoms with Crippen LogP contribution >= 0.6 is 0 Å². The van der Waals surface area contributed by atoms with Gasteiger partial charge in [0.05, 0.1) is 0 Å². The summed E-state index contributed by atoms with van der Waals surface area (Å²) in [7, 11) is 0. The van der Waals surface area contributed by atoms with E-state index in [0.717, 1.165) is 0 Å². The van der Waals surface area contributed by atoms with Crippen molar-refractivity contribution < 1.29 is 0 Å². The number of hydrogen-bond acceptors (Lipinski definition) is 1. The van der Waals surface area contributed by atoms with Gasteiger partial charge in [0.2, 0.25) is 0 Å². The maximum atomic E-state index is 0. The zero-order valence-electron chi connectivity index (χ0n) is 1.21. The molecule has 0 atom stereocenters. The summed E-state index contributed by atoms with van der Waals surface area (Å²) in [5, 5.41) is 0. The average molecular weight is 341 g/mol.